The van der Waals surface area contributed by atoms with Gasteiger partial charge in [-0.2, -0.15) is 0 Å². The molecule has 0 saturated carbocycles. The minimum atomic E-state index is -1.94. The Bertz CT molecular complexity index is 403. The third-order valence-corrected chi connectivity index (χ3v) is 4.57. The van der Waals surface area contributed by atoms with Crippen LogP contribution in [0.15, 0.2) is 0 Å². The van der Waals surface area contributed by atoms with E-state index in [2.05, 4.69) is 6.92 Å². The van der Waals surface area contributed by atoms with Crippen molar-refractivity contribution in [1.29, 1.82) is 0 Å². The van der Waals surface area contributed by atoms with Crippen molar-refractivity contribution in [2.75, 3.05) is 0 Å². The van der Waals surface area contributed by atoms with E-state index in [1.54, 1.807) is 20.8 Å². The van der Waals surface area contributed by atoms with Crippen LogP contribution in [0.3, 0.4) is 0 Å². The van der Waals surface area contributed by atoms with Crippen LogP contribution in [0.25, 0.3) is 0 Å². The zero-order valence-corrected chi connectivity index (χ0v) is 17.4. The Kier molecular flexibility index (Phi) is 12.6. The van der Waals surface area contributed by atoms with Gasteiger partial charge in [-0.1, -0.05) is 84.0 Å². The summed E-state index contributed by atoms with van der Waals surface area (Å²) in [5.74, 6) is -2.16. The molecule has 0 fully saturated rings. The van der Waals surface area contributed by atoms with Crippen molar-refractivity contribution < 1.29 is 19.4 Å². The number of aliphatic carboxylic acids is 1. The lowest BCUT2D eigenvalue weighted by Gasteiger charge is -2.28. The number of ether oxygens (including phenoxy) is 1. The van der Waals surface area contributed by atoms with Crippen LogP contribution >= 0.6 is 0 Å². The number of nitrogens with two attached hydrogens (primary N) is 1. The number of carbonyl (C=O) groups is 2. The molecule has 0 aliphatic carbocycles. The molecule has 0 amide bonds. The summed E-state index contributed by atoms with van der Waals surface area (Å²) < 4.78 is 5.18. The summed E-state index contributed by atoms with van der Waals surface area (Å²) in [6.45, 7) is 7.35. The smallest absolute Gasteiger partial charge is 0.338 e. The van der Waals surface area contributed by atoms with Crippen LogP contribution in [0.5, 0.6) is 0 Å². The molecule has 154 valence electrons. The second kappa shape index (κ2) is 13.1. The summed E-state index contributed by atoms with van der Waals surface area (Å²) in [7, 11) is 0. The maximum Gasteiger partial charge on any atom is 0.338 e. The van der Waals surface area contributed by atoms with Gasteiger partial charge >= 0.3 is 11.9 Å². The van der Waals surface area contributed by atoms with Crippen LogP contribution in [-0.2, 0) is 14.3 Å². The highest BCUT2D eigenvalue weighted by molar-refractivity contribution is 6.03. The van der Waals surface area contributed by atoms with Crippen molar-refractivity contribution in [2.45, 2.75) is 122 Å². The Labute approximate surface area is 160 Å². The maximum absolute atomic E-state index is 12.1. The lowest BCUT2D eigenvalue weighted by atomic mass is 9.92. The highest BCUT2D eigenvalue weighted by atomic mass is 16.6. The maximum atomic E-state index is 12.1. The molecule has 1 unspecified atom stereocenters. The highest BCUT2D eigenvalue weighted by Crippen LogP contribution is 2.20. The Hall–Kier alpha value is -1.10. The Morgan fingerprint density at radius 1 is 0.808 bits per heavy atom. The standard InChI is InChI=1S/C21H41NO4/c1-5-6-7-8-9-10-11-12-13-14-15-16-17-21(22,18(23)24)19(25)26-20(2,3)4/h5-17,22H2,1-4H3,(H,23,24). The number of unbranched alkanes of at least 4 members (excludes halogenated alkanes) is 11. The lowest BCUT2D eigenvalue weighted by molar-refractivity contribution is -0.169. The molecule has 26 heavy (non-hydrogen) atoms. The Morgan fingerprint density at radius 3 is 1.54 bits per heavy atom. The van der Waals surface area contributed by atoms with Crippen molar-refractivity contribution in [3.8, 4) is 0 Å². The fourth-order valence-electron chi connectivity index (χ4n) is 2.91. The van der Waals surface area contributed by atoms with E-state index >= 15 is 0 Å². The van der Waals surface area contributed by atoms with Gasteiger partial charge in [-0.25, -0.2) is 9.59 Å². The molecule has 0 bridgehead atoms. The Balaban J connectivity index is 3.88. The van der Waals surface area contributed by atoms with Crippen molar-refractivity contribution in [3.63, 3.8) is 0 Å². The molecule has 0 saturated heterocycles. The van der Waals surface area contributed by atoms with Gasteiger partial charge in [0.15, 0.2) is 0 Å². The van der Waals surface area contributed by atoms with E-state index in [0.29, 0.717) is 6.42 Å². The minimum Gasteiger partial charge on any atom is -0.479 e. The van der Waals surface area contributed by atoms with Crippen LogP contribution in [0.1, 0.15) is 111 Å². The van der Waals surface area contributed by atoms with Crippen molar-refractivity contribution >= 4 is 11.9 Å². The average molecular weight is 372 g/mol. The minimum absolute atomic E-state index is 0.120. The predicted molar refractivity (Wildman–Crippen MR) is 106 cm³/mol. The number of hydrogen-bond donors (Lipinski definition) is 2. The van der Waals surface area contributed by atoms with Gasteiger partial charge in [-0.15, -0.1) is 0 Å². The van der Waals surface area contributed by atoms with Crippen LogP contribution in [0.2, 0.25) is 0 Å². The van der Waals surface area contributed by atoms with Gasteiger partial charge in [0.2, 0.25) is 5.54 Å². The Morgan fingerprint density at radius 2 is 1.19 bits per heavy atom. The van der Waals surface area contributed by atoms with Gasteiger partial charge in [-0.05, 0) is 27.2 Å². The lowest BCUT2D eigenvalue weighted by Crippen LogP contribution is -2.57. The predicted octanol–water partition coefficient (Wildman–Crippen LogP) is 5.20. The first kappa shape index (κ1) is 24.9. The number of carboxylic acid groups (broad SMARTS) is 1. The molecular formula is C21H41NO4. The number of carbonyl (C=O) groups excluding carboxylic acids is 1. The van der Waals surface area contributed by atoms with E-state index in [1.165, 1.54) is 51.4 Å². The zero-order valence-electron chi connectivity index (χ0n) is 17.4. The SMILES string of the molecule is CCCCCCCCCCCCCCC(N)(C(=O)O)C(=O)OC(C)(C)C. The van der Waals surface area contributed by atoms with E-state index < -0.39 is 23.1 Å². The summed E-state index contributed by atoms with van der Waals surface area (Å²) in [6, 6.07) is 0. The van der Waals surface area contributed by atoms with Crippen molar-refractivity contribution in [2.24, 2.45) is 5.73 Å². The molecule has 5 nitrogen and oxygen atoms in total. The topological polar surface area (TPSA) is 89.6 Å². The molecule has 0 heterocycles. The van der Waals surface area contributed by atoms with Gasteiger partial charge in [-0.3, -0.25) is 0 Å². The zero-order chi connectivity index (χ0) is 20.1. The summed E-state index contributed by atoms with van der Waals surface area (Å²) >= 11 is 0. The van der Waals surface area contributed by atoms with Crippen molar-refractivity contribution in [3.05, 3.63) is 0 Å². The molecule has 0 aliphatic rings. The van der Waals surface area contributed by atoms with Gasteiger partial charge in [0.1, 0.15) is 5.60 Å². The van der Waals surface area contributed by atoms with Gasteiger partial charge < -0.3 is 15.6 Å². The summed E-state index contributed by atoms with van der Waals surface area (Å²) in [5.41, 5.74) is 3.17. The van der Waals surface area contributed by atoms with Gasteiger partial charge in [0.25, 0.3) is 0 Å². The first-order valence-electron chi connectivity index (χ1n) is 10.4. The van der Waals surface area contributed by atoms with Crippen LogP contribution in [0, 0.1) is 0 Å². The first-order chi connectivity index (χ1) is 12.1. The number of rotatable bonds is 15. The van der Waals surface area contributed by atoms with E-state index in [1.807, 2.05) is 0 Å². The molecule has 0 radical (unpaired) electrons. The molecular weight excluding hydrogens is 330 g/mol. The first-order valence-corrected chi connectivity index (χ1v) is 10.4. The quantitative estimate of drug-likeness (QED) is 0.234. The summed E-state index contributed by atoms with van der Waals surface area (Å²) in [5, 5.41) is 9.35. The number of carboxylic acids is 1. The van der Waals surface area contributed by atoms with Gasteiger partial charge in [0, 0.05) is 0 Å². The number of esters is 1. The normalized spacial score (nSPS) is 14.0. The average Bonchev–Trinajstić information content (AvgIpc) is 2.53. The highest BCUT2D eigenvalue weighted by Gasteiger charge is 2.44. The summed E-state index contributed by atoms with van der Waals surface area (Å²) in [4.78, 5) is 23.6. The van der Waals surface area contributed by atoms with E-state index in [9.17, 15) is 14.7 Å². The van der Waals surface area contributed by atoms with E-state index in [-0.39, 0.29) is 6.42 Å². The molecule has 0 rings (SSSR count). The molecule has 0 aromatic rings. The van der Waals surface area contributed by atoms with Crippen LogP contribution in [-0.4, -0.2) is 28.2 Å². The molecule has 0 aromatic carbocycles. The van der Waals surface area contributed by atoms with Crippen molar-refractivity contribution in [1.82, 2.24) is 0 Å². The molecule has 0 spiro atoms. The van der Waals surface area contributed by atoms with Crippen LogP contribution < -0.4 is 5.73 Å². The van der Waals surface area contributed by atoms with E-state index in [0.717, 1.165) is 19.3 Å². The van der Waals surface area contributed by atoms with E-state index in [4.69, 9.17) is 10.5 Å². The number of hydrogen-bond acceptors (Lipinski definition) is 4. The molecule has 1 atom stereocenters. The second-order valence-corrected chi connectivity index (χ2v) is 8.42. The van der Waals surface area contributed by atoms with Crippen LogP contribution in [0.4, 0.5) is 0 Å². The fourth-order valence-corrected chi connectivity index (χ4v) is 2.91. The second-order valence-electron chi connectivity index (χ2n) is 8.42. The third kappa shape index (κ3) is 11.5. The molecule has 0 aliphatic heterocycles. The summed E-state index contributed by atoms with van der Waals surface area (Å²) in [6.07, 6.45) is 14.4. The molecule has 0 aromatic heterocycles. The largest absolute Gasteiger partial charge is 0.479 e. The molecule has 3 N–H and O–H groups in total. The third-order valence-electron chi connectivity index (χ3n) is 4.57. The fraction of sp³-hybridized carbons (Fsp3) is 0.905. The van der Waals surface area contributed by atoms with Gasteiger partial charge in [0.05, 0.1) is 0 Å². The molecule has 5 heteroatoms. The monoisotopic (exact) mass is 371 g/mol.